The topological polar surface area (TPSA) is 57.6 Å². The molecule has 0 atom stereocenters. The molecule has 1 aromatic rings. The van der Waals surface area contributed by atoms with E-state index in [1.807, 2.05) is 0 Å². The van der Waals surface area contributed by atoms with Crippen LogP contribution in [0.1, 0.15) is 33.6 Å². The van der Waals surface area contributed by atoms with Crippen LogP contribution in [0.5, 0.6) is 0 Å². The highest BCUT2D eigenvalue weighted by Gasteiger charge is 2.21. The van der Waals surface area contributed by atoms with Crippen LogP contribution >= 0.6 is 11.6 Å². The van der Waals surface area contributed by atoms with Crippen LogP contribution in [0.4, 0.5) is 0 Å². The molecule has 5 heteroatoms. The minimum absolute atomic E-state index is 0.0907. The second kappa shape index (κ2) is 4.75. The number of rotatable bonds is 2. The Hall–Kier alpha value is -1.55. The zero-order valence-corrected chi connectivity index (χ0v) is 9.91. The molecule has 1 N–H and O–H groups in total. The van der Waals surface area contributed by atoms with Gasteiger partial charge in [-0.05, 0) is 31.0 Å². The van der Waals surface area contributed by atoms with Gasteiger partial charge in [-0.3, -0.25) is 4.79 Å². The van der Waals surface area contributed by atoms with Gasteiger partial charge in [-0.1, -0.05) is 11.6 Å². The molecule has 0 radical (unpaired) electrons. The van der Waals surface area contributed by atoms with Gasteiger partial charge in [0.05, 0.1) is 16.1 Å². The van der Waals surface area contributed by atoms with E-state index in [1.165, 1.54) is 18.2 Å². The quantitative estimate of drug-likeness (QED) is 0.880. The summed E-state index contributed by atoms with van der Waals surface area (Å²) in [7, 11) is 0. The number of amides is 1. The number of hydrogen-bond donors (Lipinski definition) is 1. The van der Waals surface area contributed by atoms with E-state index in [2.05, 4.69) is 0 Å². The Labute approximate surface area is 104 Å². The maximum atomic E-state index is 12.0. The lowest BCUT2D eigenvalue weighted by atomic mass is 10.1. The summed E-state index contributed by atoms with van der Waals surface area (Å²) in [4.78, 5) is 24.5. The van der Waals surface area contributed by atoms with E-state index in [-0.39, 0.29) is 16.5 Å². The Morgan fingerprint density at radius 1 is 1.24 bits per heavy atom. The number of hydrogen-bond acceptors (Lipinski definition) is 2. The molecule has 0 spiro atoms. The van der Waals surface area contributed by atoms with Crippen LogP contribution in [-0.2, 0) is 0 Å². The second-order valence-corrected chi connectivity index (χ2v) is 4.41. The SMILES string of the molecule is O=C(O)c1ccc(C(=O)N2CCCC2)c(Cl)c1. The minimum Gasteiger partial charge on any atom is -0.478 e. The number of carboxylic acid groups (broad SMARTS) is 1. The normalized spacial score (nSPS) is 15.0. The van der Waals surface area contributed by atoms with Crippen LogP contribution in [0.3, 0.4) is 0 Å². The monoisotopic (exact) mass is 253 g/mol. The van der Waals surface area contributed by atoms with Crippen LogP contribution < -0.4 is 0 Å². The summed E-state index contributed by atoms with van der Waals surface area (Å²) in [6, 6.07) is 4.19. The third kappa shape index (κ3) is 2.42. The predicted octanol–water partition coefficient (Wildman–Crippen LogP) is 2.27. The Morgan fingerprint density at radius 2 is 1.88 bits per heavy atom. The van der Waals surface area contributed by atoms with Crippen LogP contribution in [-0.4, -0.2) is 35.0 Å². The van der Waals surface area contributed by atoms with E-state index in [9.17, 15) is 9.59 Å². The van der Waals surface area contributed by atoms with Crippen molar-refractivity contribution in [2.75, 3.05) is 13.1 Å². The maximum absolute atomic E-state index is 12.0. The smallest absolute Gasteiger partial charge is 0.335 e. The molecule has 90 valence electrons. The molecule has 0 aliphatic carbocycles. The van der Waals surface area contributed by atoms with Crippen molar-refractivity contribution in [3.63, 3.8) is 0 Å². The van der Waals surface area contributed by atoms with Gasteiger partial charge in [0.15, 0.2) is 0 Å². The van der Waals surface area contributed by atoms with Gasteiger partial charge in [-0.2, -0.15) is 0 Å². The molecule has 0 saturated carbocycles. The van der Waals surface area contributed by atoms with E-state index in [0.29, 0.717) is 5.56 Å². The Bertz CT molecular complexity index is 467. The zero-order valence-electron chi connectivity index (χ0n) is 9.15. The second-order valence-electron chi connectivity index (χ2n) is 4.00. The highest BCUT2D eigenvalue weighted by Crippen LogP contribution is 2.21. The summed E-state index contributed by atoms with van der Waals surface area (Å²) in [5, 5.41) is 8.99. The van der Waals surface area contributed by atoms with Crippen LogP contribution in [0.25, 0.3) is 0 Å². The Balaban J connectivity index is 2.26. The van der Waals surface area contributed by atoms with Crippen molar-refractivity contribution in [2.24, 2.45) is 0 Å². The minimum atomic E-state index is -1.05. The van der Waals surface area contributed by atoms with E-state index in [4.69, 9.17) is 16.7 Å². The maximum Gasteiger partial charge on any atom is 0.335 e. The van der Waals surface area contributed by atoms with Gasteiger partial charge in [0.1, 0.15) is 0 Å². The summed E-state index contributed by atoms with van der Waals surface area (Å²) in [6.45, 7) is 1.49. The molecule has 1 amide bonds. The molecule has 1 aliphatic rings. The van der Waals surface area contributed by atoms with Crippen molar-refractivity contribution < 1.29 is 14.7 Å². The molecule has 1 aromatic carbocycles. The first-order valence-electron chi connectivity index (χ1n) is 5.41. The number of carbonyl (C=O) groups is 2. The van der Waals surface area contributed by atoms with Crippen molar-refractivity contribution in [1.82, 2.24) is 4.90 Å². The van der Waals surface area contributed by atoms with Gasteiger partial charge < -0.3 is 10.0 Å². The van der Waals surface area contributed by atoms with Gasteiger partial charge in [0, 0.05) is 13.1 Å². The molecule has 0 unspecified atom stereocenters. The van der Waals surface area contributed by atoms with Crippen LogP contribution in [0.15, 0.2) is 18.2 Å². The summed E-state index contributed by atoms with van der Waals surface area (Å²) in [5.74, 6) is -1.17. The van der Waals surface area contributed by atoms with E-state index >= 15 is 0 Å². The molecule has 2 rings (SSSR count). The molecule has 1 heterocycles. The fraction of sp³-hybridized carbons (Fsp3) is 0.333. The van der Waals surface area contributed by atoms with E-state index in [0.717, 1.165) is 25.9 Å². The first-order valence-corrected chi connectivity index (χ1v) is 5.79. The van der Waals surface area contributed by atoms with E-state index in [1.54, 1.807) is 4.90 Å². The molecule has 0 bridgehead atoms. The number of nitrogens with zero attached hydrogens (tertiary/aromatic N) is 1. The molecule has 17 heavy (non-hydrogen) atoms. The van der Waals surface area contributed by atoms with Gasteiger partial charge in [0.2, 0.25) is 0 Å². The first-order chi connectivity index (χ1) is 8.09. The van der Waals surface area contributed by atoms with Gasteiger partial charge in [0.25, 0.3) is 5.91 Å². The number of carboxylic acids is 1. The molecule has 1 aliphatic heterocycles. The molecular formula is C12H12ClNO3. The van der Waals surface area contributed by atoms with Gasteiger partial charge >= 0.3 is 5.97 Å². The lowest BCUT2D eigenvalue weighted by Crippen LogP contribution is -2.27. The molecule has 1 fully saturated rings. The summed E-state index contributed by atoms with van der Waals surface area (Å²) < 4.78 is 0. The zero-order chi connectivity index (χ0) is 12.4. The standard InChI is InChI=1S/C12H12ClNO3/c13-10-7-8(12(16)17)3-4-9(10)11(15)14-5-1-2-6-14/h3-4,7H,1-2,5-6H2,(H,16,17). The number of benzene rings is 1. The van der Waals surface area contributed by atoms with Gasteiger partial charge in [-0.15, -0.1) is 0 Å². The largest absolute Gasteiger partial charge is 0.478 e. The van der Waals surface area contributed by atoms with Crippen molar-refractivity contribution in [1.29, 1.82) is 0 Å². The third-order valence-electron chi connectivity index (χ3n) is 2.84. The number of carbonyl (C=O) groups excluding carboxylic acids is 1. The van der Waals surface area contributed by atoms with Crippen molar-refractivity contribution in [2.45, 2.75) is 12.8 Å². The van der Waals surface area contributed by atoms with Gasteiger partial charge in [-0.25, -0.2) is 4.79 Å². The predicted molar refractivity (Wildman–Crippen MR) is 63.5 cm³/mol. The fourth-order valence-electron chi connectivity index (χ4n) is 1.91. The van der Waals surface area contributed by atoms with Crippen LogP contribution in [0.2, 0.25) is 5.02 Å². The van der Waals surface area contributed by atoms with Crippen molar-refractivity contribution >= 4 is 23.5 Å². The summed E-state index contributed by atoms with van der Waals surface area (Å²) >= 11 is 5.94. The molecule has 0 aromatic heterocycles. The highest BCUT2D eigenvalue weighted by molar-refractivity contribution is 6.34. The highest BCUT2D eigenvalue weighted by atomic mass is 35.5. The van der Waals surface area contributed by atoms with Crippen molar-refractivity contribution in [3.8, 4) is 0 Å². The average molecular weight is 254 g/mol. The van der Waals surface area contributed by atoms with Crippen molar-refractivity contribution in [3.05, 3.63) is 34.3 Å². The lowest BCUT2D eigenvalue weighted by Gasteiger charge is -2.16. The Morgan fingerprint density at radius 3 is 2.41 bits per heavy atom. The lowest BCUT2D eigenvalue weighted by molar-refractivity contribution is 0.0695. The molecule has 4 nitrogen and oxygen atoms in total. The number of likely N-dealkylation sites (tertiary alicyclic amines) is 1. The number of halogens is 1. The summed E-state index contributed by atoms with van der Waals surface area (Å²) in [6.07, 6.45) is 2.02. The van der Waals surface area contributed by atoms with E-state index < -0.39 is 5.97 Å². The third-order valence-corrected chi connectivity index (χ3v) is 3.15. The molecule has 1 saturated heterocycles. The summed E-state index contributed by atoms with van der Waals surface area (Å²) in [5.41, 5.74) is 0.464. The van der Waals surface area contributed by atoms with Crippen LogP contribution in [0, 0.1) is 0 Å². The average Bonchev–Trinajstić information content (AvgIpc) is 2.81. The first kappa shape index (κ1) is 11.9. The molecular weight excluding hydrogens is 242 g/mol. The number of aromatic carboxylic acids is 1. The Kier molecular flexibility index (Phi) is 3.33. The fourth-order valence-corrected chi connectivity index (χ4v) is 2.17.